The maximum atomic E-state index is 4.07. The second-order valence-corrected chi connectivity index (χ2v) is 4.62. The van der Waals surface area contributed by atoms with Crippen molar-refractivity contribution in [2.24, 2.45) is 0 Å². The highest BCUT2D eigenvalue weighted by atomic mass is 15.2. The maximum Gasteiger partial charge on any atom is 0.0208 e. The van der Waals surface area contributed by atoms with E-state index in [0.29, 0.717) is 5.54 Å². The Balaban J connectivity index is 2.40. The first-order valence-electron chi connectivity index (χ1n) is 5.12. The highest BCUT2D eigenvalue weighted by Crippen LogP contribution is 2.28. The van der Waals surface area contributed by atoms with Gasteiger partial charge in [-0.05, 0) is 45.9 Å². The van der Waals surface area contributed by atoms with Gasteiger partial charge in [0, 0.05) is 18.6 Å². The van der Waals surface area contributed by atoms with Crippen LogP contribution < -0.4 is 5.32 Å². The van der Waals surface area contributed by atoms with Crippen LogP contribution in [0, 0.1) is 0 Å². The van der Waals surface area contributed by atoms with Gasteiger partial charge in [0.25, 0.3) is 0 Å². The molecule has 0 spiro atoms. The molecule has 1 heterocycles. The molecule has 13 heavy (non-hydrogen) atoms. The minimum atomic E-state index is 0.386. The first-order valence-corrected chi connectivity index (χ1v) is 5.12. The fraction of sp³-hybridized carbons (Fsp3) is 0.818. The van der Waals surface area contributed by atoms with Crippen molar-refractivity contribution >= 4 is 0 Å². The molecule has 0 bridgehead atoms. The number of hydrogen-bond acceptors (Lipinski definition) is 2. The summed E-state index contributed by atoms with van der Waals surface area (Å²) in [6.07, 6.45) is 2.65. The lowest BCUT2D eigenvalue weighted by Gasteiger charge is -2.32. The second kappa shape index (κ2) is 4.25. The van der Waals surface area contributed by atoms with Crippen LogP contribution in [0.5, 0.6) is 0 Å². The van der Waals surface area contributed by atoms with Crippen molar-refractivity contribution in [1.82, 2.24) is 10.2 Å². The highest BCUT2D eigenvalue weighted by molar-refractivity contribution is 5.03. The first-order chi connectivity index (χ1) is 6.06. The van der Waals surface area contributed by atoms with Crippen molar-refractivity contribution in [2.75, 3.05) is 26.7 Å². The lowest BCUT2D eigenvalue weighted by atomic mass is 10.0. The molecule has 0 unspecified atom stereocenters. The summed E-state index contributed by atoms with van der Waals surface area (Å²) in [5.41, 5.74) is 1.67. The summed E-state index contributed by atoms with van der Waals surface area (Å²) >= 11 is 0. The van der Waals surface area contributed by atoms with E-state index < -0.39 is 0 Å². The molecule has 1 saturated heterocycles. The lowest BCUT2D eigenvalue weighted by molar-refractivity contribution is 0.190. The van der Waals surface area contributed by atoms with Crippen LogP contribution >= 0.6 is 0 Å². The van der Waals surface area contributed by atoms with Gasteiger partial charge in [-0.3, -0.25) is 4.90 Å². The molecular weight excluding hydrogens is 160 g/mol. The predicted octanol–water partition coefficient (Wildman–Crippen LogP) is 1.64. The van der Waals surface area contributed by atoms with Crippen LogP contribution in [0.15, 0.2) is 12.2 Å². The molecule has 1 aliphatic heterocycles. The van der Waals surface area contributed by atoms with Crippen LogP contribution in [-0.4, -0.2) is 37.1 Å². The monoisotopic (exact) mass is 182 g/mol. The van der Waals surface area contributed by atoms with E-state index in [4.69, 9.17) is 0 Å². The van der Waals surface area contributed by atoms with Crippen molar-refractivity contribution in [3.05, 3.63) is 12.2 Å². The molecular formula is C11H22N2. The molecule has 0 amide bonds. The zero-order valence-corrected chi connectivity index (χ0v) is 9.19. The highest BCUT2D eigenvalue weighted by Gasteiger charge is 2.31. The summed E-state index contributed by atoms with van der Waals surface area (Å²) < 4.78 is 0. The van der Waals surface area contributed by atoms with Gasteiger partial charge < -0.3 is 5.32 Å². The second-order valence-electron chi connectivity index (χ2n) is 4.62. The van der Waals surface area contributed by atoms with E-state index in [1.165, 1.54) is 25.0 Å². The number of likely N-dealkylation sites (tertiary alicyclic amines) is 1. The molecule has 2 nitrogen and oxygen atoms in total. The molecule has 76 valence electrons. The average molecular weight is 182 g/mol. The smallest absolute Gasteiger partial charge is 0.0208 e. The topological polar surface area (TPSA) is 15.3 Å². The maximum absolute atomic E-state index is 4.07. The molecule has 0 aromatic carbocycles. The van der Waals surface area contributed by atoms with Crippen molar-refractivity contribution in [2.45, 2.75) is 32.2 Å². The van der Waals surface area contributed by atoms with E-state index in [-0.39, 0.29) is 0 Å². The third-order valence-electron chi connectivity index (χ3n) is 2.91. The summed E-state index contributed by atoms with van der Waals surface area (Å²) in [6, 6.07) is 0. The normalized spacial score (nSPS) is 22.1. The average Bonchev–Trinajstić information content (AvgIpc) is 2.31. The minimum Gasteiger partial charge on any atom is -0.316 e. The molecule has 1 rings (SSSR count). The first kappa shape index (κ1) is 10.7. The Hall–Kier alpha value is -0.340. The zero-order valence-electron chi connectivity index (χ0n) is 9.19. The van der Waals surface area contributed by atoms with Crippen LogP contribution in [-0.2, 0) is 0 Å². The van der Waals surface area contributed by atoms with Gasteiger partial charge in [0.15, 0.2) is 0 Å². The van der Waals surface area contributed by atoms with Gasteiger partial charge in [0.2, 0.25) is 0 Å². The number of hydrogen-bond donors (Lipinski definition) is 1. The van der Waals surface area contributed by atoms with Crippen molar-refractivity contribution in [3.63, 3.8) is 0 Å². The quantitative estimate of drug-likeness (QED) is 0.665. The third-order valence-corrected chi connectivity index (χ3v) is 2.91. The molecule has 2 heteroatoms. The van der Waals surface area contributed by atoms with Crippen LogP contribution in [0.1, 0.15) is 26.7 Å². The van der Waals surface area contributed by atoms with Gasteiger partial charge in [-0.15, -0.1) is 0 Å². The summed E-state index contributed by atoms with van der Waals surface area (Å²) in [7, 11) is 1.97. The van der Waals surface area contributed by atoms with E-state index in [0.717, 1.165) is 13.1 Å². The van der Waals surface area contributed by atoms with Crippen LogP contribution in [0.3, 0.4) is 0 Å². The van der Waals surface area contributed by atoms with E-state index in [1.807, 2.05) is 7.05 Å². The van der Waals surface area contributed by atoms with Gasteiger partial charge in [-0.25, -0.2) is 0 Å². The molecule has 1 N–H and O–H groups in total. The molecule has 0 aromatic rings. The standard InChI is InChI=1S/C11H22N2/c1-10(8-12-4)9-13-7-5-6-11(13,2)3/h12H,1,5-9H2,2-4H3. The lowest BCUT2D eigenvalue weighted by Crippen LogP contribution is -2.40. The van der Waals surface area contributed by atoms with Crippen molar-refractivity contribution in [1.29, 1.82) is 0 Å². The Morgan fingerprint density at radius 3 is 2.69 bits per heavy atom. The van der Waals surface area contributed by atoms with Crippen molar-refractivity contribution < 1.29 is 0 Å². The number of likely N-dealkylation sites (N-methyl/N-ethyl adjacent to an activating group) is 1. The summed E-state index contributed by atoms with van der Waals surface area (Å²) in [4.78, 5) is 2.53. The summed E-state index contributed by atoms with van der Waals surface area (Å²) in [5, 5.41) is 3.14. The van der Waals surface area contributed by atoms with E-state index >= 15 is 0 Å². The summed E-state index contributed by atoms with van der Waals surface area (Å²) in [5.74, 6) is 0. The molecule has 1 fully saturated rings. The molecule has 0 radical (unpaired) electrons. The Bertz CT molecular complexity index is 185. The Morgan fingerprint density at radius 2 is 2.23 bits per heavy atom. The largest absolute Gasteiger partial charge is 0.316 e. The van der Waals surface area contributed by atoms with E-state index in [9.17, 15) is 0 Å². The molecule has 0 aromatic heterocycles. The fourth-order valence-electron chi connectivity index (χ4n) is 2.03. The van der Waals surface area contributed by atoms with Crippen molar-refractivity contribution in [3.8, 4) is 0 Å². The summed E-state index contributed by atoms with van der Waals surface area (Å²) in [6.45, 7) is 11.9. The SMILES string of the molecule is C=C(CNC)CN1CCCC1(C)C. The van der Waals surface area contributed by atoms with Crippen LogP contribution in [0.25, 0.3) is 0 Å². The molecule has 0 saturated carbocycles. The Kier molecular flexibility index (Phi) is 3.51. The molecule has 0 aliphatic carbocycles. The van der Waals surface area contributed by atoms with E-state index in [2.05, 4.69) is 30.6 Å². The van der Waals surface area contributed by atoms with Gasteiger partial charge in [-0.2, -0.15) is 0 Å². The molecule has 0 atom stereocenters. The minimum absolute atomic E-state index is 0.386. The zero-order chi connectivity index (χ0) is 9.90. The molecule has 1 aliphatic rings. The number of rotatable bonds is 4. The number of nitrogens with one attached hydrogen (secondary N) is 1. The Labute approximate surface area is 82.0 Å². The third kappa shape index (κ3) is 2.82. The predicted molar refractivity (Wildman–Crippen MR) is 58.0 cm³/mol. The number of nitrogens with zero attached hydrogens (tertiary/aromatic N) is 1. The van der Waals surface area contributed by atoms with Crippen LogP contribution in [0.2, 0.25) is 0 Å². The van der Waals surface area contributed by atoms with E-state index in [1.54, 1.807) is 0 Å². The van der Waals surface area contributed by atoms with Gasteiger partial charge >= 0.3 is 0 Å². The van der Waals surface area contributed by atoms with Gasteiger partial charge in [0.05, 0.1) is 0 Å². The van der Waals surface area contributed by atoms with Gasteiger partial charge in [-0.1, -0.05) is 6.58 Å². The van der Waals surface area contributed by atoms with Gasteiger partial charge in [0.1, 0.15) is 0 Å². The Morgan fingerprint density at radius 1 is 1.54 bits per heavy atom. The van der Waals surface area contributed by atoms with Crippen LogP contribution in [0.4, 0.5) is 0 Å². The fourth-order valence-corrected chi connectivity index (χ4v) is 2.03.